The minimum absolute atomic E-state index is 0.778. The Morgan fingerprint density at radius 1 is 1.75 bits per heavy atom. The highest BCUT2D eigenvalue weighted by molar-refractivity contribution is 5.59. The topological polar surface area (TPSA) is 15.6 Å². The molecule has 1 heterocycles. The number of nitrogens with zero attached hydrogens (tertiary/aromatic N) is 2. The summed E-state index contributed by atoms with van der Waals surface area (Å²) in [5, 5.41) is 0. The summed E-state index contributed by atoms with van der Waals surface area (Å²) in [6, 6.07) is 2.44. The molecule has 0 aliphatic carbocycles. The van der Waals surface area contributed by atoms with Gasteiger partial charge in [-0.3, -0.25) is 4.90 Å². The van der Waals surface area contributed by atoms with Gasteiger partial charge in [0.2, 0.25) is 0 Å². The first-order valence-electron chi connectivity index (χ1n) is 2.34. The Morgan fingerprint density at radius 3 is 3.00 bits per heavy atom. The van der Waals surface area contributed by atoms with Crippen molar-refractivity contribution in [3.05, 3.63) is 12.3 Å². The van der Waals surface area contributed by atoms with Crippen LogP contribution in [0.2, 0.25) is 0 Å². The van der Waals surface area contributed by atoms with Crippen molar-refractivity contribution in [1.82, 2.24) is 4.90 Å². The minimum Gasteiger partial charge on any atom is -0.288 e. The van der Waals surface area contributed by atoms with Gasteiger partial charge in [0.05, 0.1) is 6.54 Å². The van der Waals surface area contributed by atoms with Gasteiger partial charge in [0.15, 0.2) is 0 Å². The standard InChI is InChI=1S/C6H6N2/c1-2-8-5-3-4-7-6-8/h1,3-4,6H,5H2. The molecule has 1 aliphatic heterocycles. The Morgan fingerprint density at radius 2 is 2.62 bits per heavy atom. The van der Waals surface area contributed by atoms with Crippen LogP contribution in [0.5, 0.6) is 0 Å². The lowest BCUT2D eigenvalue weighted by Crippen LogP contribution is -2.16. The fourth-order valence-corrected chi connectivity index (χ4v) is 0.474. The zero-order valence-corrected chi connectivity index (χ0v) is 4.41. The Labute approximate surface area is 48.5 Å². The maximum atomic E-state index is 5.05. The molecule has 8 heavy (non-hydrogen) atoms. The Balaban J connectivity index is 2.55. The number of terminal acetylenes is 1. The molecular weight excluding hydrogens is 100 g/mol. The van der Waals surface area contributed by atoms with Gasteiger partial charge < -0.3 is 0 Å². The van der Waals surface area contributed by atoms with Gasteiger partial charge in [-0.15, -0.1) is 0 Å². The molecule has 0 saturated heterocycles. The number of aliphatic imine (C=N–C) groups is 1. The van der Waals surface area contributed by atoms with Gasteiger partial charge in [-0.2, -0.15) is 0 Å². The first-order valence-corrected chi connectivity index (χ1v) is 2.34. The van der Waals surface area contributed by atoms with Crippen molar-refractivity contribution in [2.24, 2.45) is 4.99 Å². The Bertz CT molecular complexity index is 162. The van der Waals surface area contributed by atoms with Gasteiger partial charge in [-0.1, -0.05) is 6.42 Å². The summed E-state index contributed by atoms with van der Waals surface area (Å²) in [7, 11) is 0. The van der Waals surface area contributed by atoms with Crippen LogP contribution < -0.4 is 0 Å². The second kappa shape index (κ2) is 2.17. The van der Waals surface area contributed by atoms with Crippen LogP contribution in [0.4, 0.5) is 0 Å². The molecule has 0 saturated carbocycles. The summed E-state index contributed by atoms with van der Waals surface area (Å²) in [6.45, 7) is 0.778. The van der Waals surface area contributed by atoms with Crippen LogP contribution in [0.15, 0.2) is 17.3 Å². The summed E-state index contributed by atoms with van der Waals surface area (Å²) in [5.41, 5.74) is 0. The van der Waals surface area contributed by atoms with E-state index in [1.807, 2.05) is 6.08 Å². The second-order valence-corrected chi connectivity index (χ2v) is 1.43. The van der Waals surface area contributed by atoms with Crippen LogP contribution in [0.25, 0.3) is 0 Å². The zero-order valence-electron chi connectivity index (χ0n) is 4.41. The predicted octanol–water partition coefficient (Wildman–Crippen LogP) is 0.435. The van der Waals surface area contributed by atoms with E-state index in [-0.39, 0.29) is 0 Å². The van der Waals surface area contributed by atoms with E-state index in [1.165, 1.54) is 0 Å². The van der Waals surface area contributed by atoms with Crippen molar-refractivity contribution in [3.8, 4) is 12.5 Å². The van der Waals surface area contributed by atoms with Crippen LogP contribution >= 0.6 is 0 Å². The van der Waals surface area contributed by atoms with Crippen LogP contribution in [-0.2, 0) is 0 Å². The fourth-order valence-electron chi connectivity index (χ4n) is 0.474. The minimum atomic E-state index is 0.778. The van der Waals surface area contributed by atoms with E-state index >= 15 is 0 Å². The number of rotatable bonds is 0. The predicted molar refractivity (Wildman–Crippen MR) is 33.2 cm³/mol. The molecule has 0 fully saturated rings. The molecule has 1 aliphatic rings. The molecule has 0 amide bonds. The molecule has 0 unspecified atom stereocenters. The summed E-state index contributed by atoms with van der Waals surface area (Å²) in [4.78, 5) is 5.47. The van der Waals surface area contributed by atoms with Gasteiger partial charge in [0.25, 0.3) is 0 Å². The molecule has 0 N–H and O–H groups in total. The highest BCUT2D eigenvalue weighted by Gasteiger charge is 1.91. The van der Waals surface area contributed by atoms with E-state index in [2.05, 4.69) is 11.0 Å². The lowest BCUT2D eigenvalue weighted by Gasteiger charge is -2.08. The Hall–Kier alpha value is -1.23. The lowest BCUT2D eigenvalue weighted by molar-refractivity contribution is 0.667. The van der Waals surface area contributed by atoms with Crippen molar-refractivity contribution >= 4 is 6.34 Å². The third-order valence-electron chi connectivity index (χ3n) is 0.865. The molecule has 1 rings (SSSR count). The average molecular weight is 106 g/mol. The molecular formula is C6H6N2. The zero-order chi connectivity index (χ0) is 5.82. The van der Waals surface area contributed by atoms with Crippen molar-refractivity contribution in [3.63, 3.8) is 0 Å². The maximum absolute atomic E-state index is 5.05. The van der Waals surface area contributed by atoms with E-state index in [1.54, 1.807) is 17.4 Å². The van der Waals surface area contributed by atoms with Gasteiger partial charge in [-0.05, 0) is 6.08 Å². The van der Waals surface area contributed by atoms with Gasteiger partial charge in [0, 0.05) is 12.2 Å². The monoisotopic (exact) mass is 106 g/mol. The molecule has 0 aromatic rings. The highest BCUT2D eigenvalue weighted by atomic mass is 15.1. The molecule has 0 atom stereocenters. The van der Waals surface area contributed by atoms with E-state index in [0.29, 0.717) is 0 Å². The summed E-state index contributed by atoms with van der Waals surface area (Å²) in [6.07, 6.45) is 10.3. The lowest BCUT2D eigenvalue weighted by atomic mass is 10.5. The van der Waals surface area contributed by atoms with Gasteiger partial charge in [0.1, 0.15) is 6.34 Å². The molecule has 0 bridgehead atoms. The van der Waals surface area contributed by atoms with Crippen molar-refractivity contribution < 1.29 is 0 Å². The van der Waals surface area contributed by atoms with E-state index in [0.717, 1.165) is 6.54 Å². The van der Waals surface area contributed by atoms with E-state index < -0.39 is 0 Å². The van der Waals surface area contributed by atoms with E-state index in [9.17, 15) is 0 Å². The first kappa shape index (κ1) is 4.92. The number of hydrogen-bond donors (Lipinski definition) is 0. The third-order valence-corrected chi connectivity index (χ3v) is 0.865. The normalized spacial score (nSPS) is 16.1. The third kappa shape index (κ3) is 0.881. The SMILES string of the molecule is C#CN1C=NC=CC1. The summed E-state index contributed by atoms with van der Waals surface area (Å²) < 4.78 is 0. The maximum Gasteiger partial charge on any atom is 0.102 e. The molecule has 0 aromatic heterocycles. The fraction of sp³-hybridized carbons (Fsp3) is 0.167. The largest absolute Gasteiger partial charge is 0.288 e. The highest BCUT2D eigenvalue weighted by Crippen LogP contribution is 1.88. The molecule has 0 radical (unpaired) electrons. The van der Waals surface area contributed by atoms with Crippen LogP contribution in [-0.4, -0.2) is 17.8 Å². The molecule has 0 aromatic carbocycles. The number of hydrogen-bond acceptors (Lipinski definition) is 2. The Kier molecular flexibility index (Phi) is 1.34. The van der Waals surface area contributed by atoms with Crippen LogP contribution in [0, 0.1) is 12.5 Å². The smallest absolute Gasteiger partial charge is 0.102 e. The average Bonchev–Trinajstić information content (AvgIpc) is 1.90. The van der Waals surface area contributed by atoms with Crippen LogP contribution in [0.1, 0.15) is 0 Å². The molecule has 2 heteroatoms. The van der Waals surface area contributed by atoms with Crippen molar-refractivity contribution in [1.29, 1.82) is 0 Å². The van der Waals surface area contributed by atoms with E-state index in [4.69, 9.17) is 6.42 Å². The molecule has 0 spiro atoms. The van der Waals surface area contributed by atoms with Crippen molar-refractivity contribution in [2.75, 3.05) is 6.54 Å². The van der Waals surface area contributed by atoms with Gasteiger partial charge in [-0.25, -0.2) is 4.99 Å². The summed E-state index contributed by atoms with van der Waals surface area (Å²) >= 11 is 0. The molecule has 40 valence electrons. The first-order chi connectivity index (χ1) is 3.93. The van der Waals surface area contributed by atoms with Gasteiger partial charge >= 0.3 is 0 Å². The van der Waals surface area contributed by atoms with Crippen LogP contribution in [0.3, 0.4) is 0 Å². The quantitative estimate of drug-likeness (QED) is 0.409. The second-order valence-electron chi connectivity index (χ2n) is 1.43. The summed E-state index contributed by atoms with van der Waals surface area (Å²) in [5.74, 6) is 0. The van der Waals surface area contributed by atoms with Crippen molar-refractivity contribution in [2.45, 2.75) is 0 Å². The molecule has 2 nitrogen and oxygen atoms in total.